The smallest absolute Gasteiger partial charge is 0.410 e. The molecular formula is C18H27BN2O4. The van der Waals surface area contributed by atoms with Crippen LogP contribution in [0.3, 0.4) is 0 Å². The lowest BCUT2D eigenvalue weighted by atomic mass is 9.77. The normalized spacial score (nSPS) is 21.6. The first-order valence-electron chi connectivity index (χ1n) is 9.00. The van der Waals surface area contributed by atoms with Gasteiger partial charge in [0, 0.05) is 37.7 Å². The third-order valence-electron chi connectivity index (χ3n) is 4.50. The SMILES string of the molecule is CC(C)(C)OC(=O)N1CCCN(c2ccc(C3BOOC3)cc2)CC1. The Morgan fingerprint density at radius 3 is 2.56 bits per heavy atom. The Bertz CT molecular complexity index is 582. The molecule has 0 N–H and O–H groups in total. The predicted molar refractivity (Wildman–Crippen MR) is 98.0 cm³/mol. The molecule has 0 saturated carbocycles. The molecule has 2 fully saturated rings. The van der Waals surface area contributed by atoms with Crippen molar-refractivity contribution in [2.75, 3.05) is 37.7 Å². The molecule has 1 amide bonds. The summed E-state index contributed by atoms with van der Waals surface area (Å²) in [6.45, 7) is 9.49. The molecule has 136 valence electrons. The highest BCUT2D eigenvalue weighted by atomic mass is 17.2. The molecule has 1 unspecified atom stereocenters. The summed E-state index contributed by atoms with van der Waals surface area (Å²) in [6.07, 6.45) is 0.719. The highest BCUT2D eigenvalue weighted by Gasteiger charge is 2.25. The lowest BCUT2D eigenvalue weighted by Crippen LogP contribution is -2.39. The van der Waals surface area contributed by atoms with Crippen molar-refractivity contribution < 1.29 is 19.2 Å². The molecule has 1 aromatic carbocycles. The van der Waals surface area contributed by atoms with Crippen molar-refractivity contribution in [2.45, 2.75) is 38.6 Å². The second-order valence-corrected chi connectivity index (χ2v) is 7.67. The van der Waals surface area contributed by atoms with Gasteiger partial charge in [0.15, 0.2) is 0 Å². The molecule has 3 rings (SSSR count). The molecule has 1 atom stereocenters. The molecule has 0 bridgehead atoms. The quantitative estimate of drug-likeness (QED) is 0.608. The average molecular weight is 346 g/mol. The first kappa shape index (κ1) is 18.1. The summed E-state index contributed by atoms with van der Waals surface area (Å²) < 4.78 is 5.49. The van der Waals surface area contributed by atoms with E-state index in [1.165, 1.54) is 11.3 Å². The number of ether oxygens (including phenoxy) is 1. The lowest BCUT2D eigenvalue weighted by Gasteiger charge is -2.27. The van der Waals surface area contributed by atoms with Crippen LogP contribution >= 0.6 is 0 Å². The molecule has 7 heteroatoms. The Hall–Kier alpha value is -1.73. The van der Waals surface area contributed by atoms with E-state index in [1.54, 1.807) is 0 Å². The summed E-state index contributed by atoms with van der Waals surface area (Å²) in [5.74, 6) is 0.320. The summed E-state index contributed by atoms with van der Waals surface area (Å²) >= 11 is 0. The Kier molecular flexibility index (Phi) is 5.54. The van der Waals surface area contributed by atoms with Gasteiger partial charge in [-0.1, -0.05) is 12.1 Å². The van der Waals surface area contributed by atoms with Crippen LogP contribution in [0.5, 0.6) is 0 Å². The van der Waals surface area contributed by atoms with Crippen molar-refractivity contribution in [2.24, 2.45) is 0 Å². The lowest BCUT2D eigenvalue weighted by molar-refractivity contribution is -0.183. The average Bonchev–Trinajstić information content (AvgIpc) is 2.98. The van der Waals surface area contributed by atoms with Gasteiger partial charge in [0.25, 0.3) is 0 Å². The van der Waals surface area contributed by atoms with Crippen molar-refractivity contribution in [1.82, 2.24) is 4.90 Å². The van der Waals surface area contributed by atoms with Crippen molar-refractivity contribution in [3.63, 3.8) is 0 Å². The van der Waals surface area contributed by atoms with Gasteiger partial charge >= 0.3 is 13.6 Å². The van der Waals surface area contributed by atoms with E-state index in [0.717, 1.165) is 26.1 Å². The molecule has 0 spiro atoms. The van der Waals surface area contributed by atoms with Gasteiger partial charge in [-0.05, 0) is 44.9 Å². The largest absolute Gasteiger partial charge is 0.444 e. The second kappa shape index (κ2) is 7.66. The number of nitrogens with zero attached hydrogens (tertiary/aromatic N) is 2. The van der Waals surface area contributed by atoms with E-state index in [9.17, 15) is 4.79 Å². The molecule has 6 nitrogen and oxygen atoms in total. The zero-order chi connectivity index (χ0) is 17.9. The minimum Gasteiger partial charge on any atom is -0.444 e. The van der Waals surface area contributed by atoms with Crippen LogP contribution < -0.4 is 4.90 Å². The number of rotatable bonds is 2. The maximum absolute atomic E-state index is 12.3. The molecule has 2 aliphatic heterocycles. The number of amides is 1. The Morgan fingerprint density at radius 1 is 1.16 bits per heavy atom. The zero-order valence-corrected chi connectivity index (χ0v) is 15.4. The molecule has 25 heavy (non-hydrogen) atoms. The number of hydrogen-bond donors (Lipinski definition) is 0. The van der Waals surface area contributed by atoms with Gasteiger partial charge in [-0.15, -0.1) is 0 Å². The van der Waals surface area contributed by atoms with E-state index >= 15 is 0 Å². The van der Waals surface area contributed by atoms with Gasteiger partial charge in [-0.2, -0.15) is 0 Å². The van der Waals surface area contributed by atoms with Gasteiger partial charge in [0.2, 0.25) is 0 Å². The number of hydrogen-bond acceptors (Lipinski definition) is 5. The van der Waals surface area contributed by atoms with E-state index < -0.39 is 5.60 Å². The van der Waals surface area contributed by atoms with E-state index in [0.29, 0.717) is 26.5 Å². The summed E-state index contributed by atoms with van der Waals surface area (Å²) in [5.41, 5.74) is 1.98. The van der Waals surface area contributed by atoms with Crippen molar-refractivity contribution in [1.29, 1.82) is 0 Å². The summed E-state index contributed by atoms with van der Waals surface area (Å²) in [5, 5.41) is 0. The topological polar surface area (TPSA) is 51.2 Å². The van der Waals surface area contributed by atoms with Gasteiger partial charge in [-0.25, -0.2) is 4.79 Å². The molecule has 0 radical (unpaired) electrons. The summed E-state index contributed by atoms with van der Waals surface area (Å²) in [7, 11) is 0.619. The highest BCUT2D eigenvalue weighted by molar-refractivity contribution is 6.30. The van der Waals surface area contributed by atoms with Crippen LogP contribution in [0.25, 0.3) is 0 Å². The zero-order valence-electron chi connectivity index (χ0n) is 15.4. The number of benzene rings is 1. The van der Waals surface area contributed by atoms with Crippen molar-refractivity contribution in [3.8, 4) is 0 Å². The molecule has 1 aromatic rings. The van der Waals surface area contributed by atoms with E-state index in [4.69, 9.17) is 14.4 Å². The third kappa shape index (κ3) is 4.89. The van der Waals surface area contributed by atoms with E-state index in [2.05, 4.69) is 29.2 Å². The number of anilines is 1. The fraction of sp³-hybridized carbons (Fsp3) is 0.611. The fourth-order valence-electron chi connectivity index (χ4n) is 3.14. The second-order valence-electron chi connectivity index (χ2n) is 7.67. The maximum atomic E-state index is 12.3. The molecular weight excluding hydrogens is 319 g/mol. The van der Waals surface area contributed by atoms with Crippen LogP contribution in [-0.2, 0) is 14.4 Å². The third-order valence-corrected chi connectivity index (χ3v) is 4.50. The first-order chi connectivity index (χ1) is 11.9. The standard InChI is InChI=1S/C18H27BN2O4/c1-18(2,3)24-17(22)21-10-4-9-20(11-12-21)15-7-5-14(6-8-15)16-13-23-25-19-16/h5-8,16,19H,4,9-13H2,1-3H3. The molecule has 2 aliphatic rings. The van der Waals surface area contributed by atoms with Gasteiger partial charge < -0.3 is 19.3 Å². The minimum absolute atomic E-state index is 0.217. The van der Waals surface area contributed by atoms with E-state index in [-0.39, 0.29) is 6.09 Å². The first-order valence-corrected chi connectivity index (χ1v) is 9.00. The van der Waals surface area contributed by atoms with Gasteiger partial charge in [0.05, 0.1) is 6.61 Å². The van der Waals surface area contributed by atoms with Crippen molar-refractivity contribution in [3.05, 3.63) is 29.8 Å². The Labute approximate surface area is 150 Å². The van der Waals surface area contributed by atoms with Crippen molar-refractivity contribution >= 4 is 19.3 Å². The Morgan fingerprint density at radius 2 is 1.92 bits per heavy atom. The molecule has 0 aliphatic carbocycles. The molecule has 2 heterocycles. The van der Waals surface area contributed by atoms with Crippen LogP contribution in [0.15, 0.2) is 24.3 Å². The summed E-state index contributed by atoms with van der Waals surface area (Å²) in [4.78, 5) is 26.4. The van der Waals surface area contributed by atoms with E-state index in [1.807, 2.05) is 25.7 Å². The molecule has 2 saturated heterocycles. The number of carbonyl (C=O) groups excluding carboxylic acids is 1. The van der Waals surface area contributed by atoms with Crippen LogP contribution in [0.4, 0.5) is 10.5 Å². The van der Waals surface area contributed by atoms with Gasteiger partial charge in [-0.3, -0.25) is 4.89 Å². The van der Waals surface area contributed by atoms with Crippen LogP contribution in [0, 0.1) is 0 Å². The molecule has 0 aromatic heterocycles. The maximum Gasteiger partial charge on any atom is 0.410 e. The van der Waals surface area contributed by atoms with Crippen LogP contribution in [-0.4, -0.2) is 56.9 Å². The monoisotopic (exact) mass is 346 g/mol. The van der Waals surface area contributed by atoms with Gasteiger partial charge in [0.1, 0.15) is 5.60 Å². The van der Waals surface area contributed by atoms with Crippen LogP contribution in [0.2, 0.25) is 0 Å². The van der Waals surface area contributed by atoms with Crippen LogP contribution in [0.1, 0.15) is 38.6 Å². The fourth-order valence-corrected chi connectivity index (χ4v) is 3.14. The Balaban J connectivity index is 1.58. The summed E-state index contributed by atoms with van der Waals surface area (Å²) in [6, 6.07) is 8.59. The highest BCUT2D eigenvalue weighted by Crippen LogP contribution is 2.24. The number of carbonyl (C=O) groups is 1. The minimum atomic E-state index is -0.452. The predicted octanol–water partition coefficient (Wildman–Crippen LogP) is 2.49.